The molecule has 0 bridgehead atoms. The number of alkyl halides is 1. The molecule has 0 fully saturated rings. The highest BCUT2D eigenvalue weighted by molar-refractivity contribution is 8.00. The van der Waals surface area contributed by atoms with Crippen LogP contribution in [0.15, 0.2) is 53.1 Å². The van der Waals surface area contributed by atoms with Crippen LogP contribution >= 0.6 is 23.2 Å². The van der Waals surface area contributed by atoms with Gasteiger partial charge in [0.2, 0.25) is 5.71 Å². The number of nitrogens with zero attached hydrogens (tertiary/aromatic N) is 3. The summed E-state index contributed by atoms with van der Waals surface area (Å²) in [5.74, 6) is 4.19. The van der Waals surface area contributed by atoms with Crippen molar-refractivity contribution in [3.63, 3.8) is 0 Å². The van der Waals surface area contributed by atoms with Gasteiger partial charge in [0.15, 0.2) is 5.75 Å². The molecule has 10 heteroatoms. The molecule has 0 aliphatic rings. The Labute approximate surface area is 220 Å². The van der Waals surface area contributed by atoms with Crippen LogP contribution in [0.3, 0.4) is 0 Å². The lowest BCUT2D eigenvalue weighted by Crippen LogP contribution is -2.19. The molecule has 186 valence electrons. The lowest BCUT2D eigenvalue weighted by molar-refractivity contribution is 0.341. The minimum atomic E-state index is -2.52. The third-order valence-electron chi connectivity index (χ3n) is 5.70. The predicted molar refractivity (Wildman–Crippen MR) is 147 cm³/mol. The van der Waals surface area contributed by atoms with Gasteiger partial charge in [-0.3, -0.25) is 4.72 Å². The fourth-order valence-corrected chi connectivity index (χ4v) is 4.59. The molecule has 0 aliphatic heterocycles. The standard InChI is InChI=1S/C26H24Cl2N4O3S/c1-26(2,20-11-17(14-29)23(21(28)13-20)34-10-9-27)19-7-5-16(6-8-19)18-12-22-24(30-15-18)35-25(31-22)32-36(3,4)33/h5-8,11-13,15H,3,9-10H2,1-2,4H3,(H,31,32,33). The molecule has 2 heterocycles. The molecule has 0 radical (unpaired) electrons. The Morgan fingerprint density at radius 2 is 1.92 bits per heavy atom. The molecule has 0 aliphatic carbocycles. The third kappa shape index (κ3) is 5.44. The number of nitrogens with one attached hydrogen (secondary N) is 1. The number of pyridine rings is 1. The number of nitriles is 1. The molecule has 4 rings (SSSR count). The maximum Gasteiger partial charge on any atom is 0.308 e. The van der Waals surface area contributed by atoms with Crippen molar-refractivity contribution in [2.24, 2.45) is 0 Å². The summed E-state index contributed by atoms with van der Waals surface area (Å²) >= 11 is 12.2. The Kier molecular flexibility index (Phi) is 7.19. The van der Waals surface area contributed by atoms with Crippen LogP contribution < -0.4 is 9.46 Å². The zero-order valence-corrected chi connectivity index (χ0v) is 22.3. The summed E-state index contributed by atoms with van der Waals surface area (Å²) in [6.07, 6.45) is 3.16. The monoisotopic (exact) mass is 542 g/mol. The van der Waals surface area contributed by atoms with Gasteiger partial charge in [-0.05, 0) is 40.8 Å². The molecule has 1 N–H and O–H groups in total. The van der Waals surface area contributed by atoms with Crippen LogP contribution in [0.25, 0.3) is 22.4 Å². The van der Waals surface area contributed by atoms with Crippen LogP contribution in [-0.4, -0.2) is 38.8 Å². The molecular weight excluding hydrogens is 519 g/mol. The average molecular weight is 543 g/mol. The quantitative estimate of drug-likeness (QED) is 0.215. The minimum absolute atomic E-state index is 0.115. The highest BCUT2D eigenvalue weighted by Crippen LogP contribution is 2.39. The summed E-state index contributed by atoms with van der Waals surface area (Å²) in [7, 11) is -2.52. The van der Waals surface area contributed by atoms with Crippen LogP contribution in [-0.2, 0) is 15.1 Å². The number of oxazole rings is 1. The van der Waals surface area contributed by atoms with E-state index in [-0.39, 0.29) is 12.6 Å². The molecule has 2 aromatic heterocycles. The molecule has 1 unspecified atom stereocenters. The second-order valence-corrected chi connectivity index (χ2v) is 11.9. The van der Waals surface area contributed by atoms with Crippen molar-refractivity contribution in [1.29, 1.82) is 5.26 Å². The van der Waals surface area contributed by atoms with E-state index in [0.29, 0.717) is 33.4 Å². The first-order valence-electron chi connectivity index (χ1n) is 10.9. The summed E-state index contributed by atoms with van der Waals surface area (Å²) in [6.45, 7) is 4.40. The number of anilines is 1. The van der Waals surface area contributed by atoms with Crippen molar-refractivity contribution in [2.45, 2.75) is 19.3 Å². The summed E-state index contributed by atoms with van der Waals surface area (Å²) in [5, 5.41) is 10.0. The van der Waals surface area contributed by atoms with E-state index in [2.05, 4.69) is 40.5 Å². The van der Waals surface area contributed by atoms with E-state index >= 15 is 0 Å². The van der Waals surface area contributed by atoms with Crippen molar-refractivity contribution >= 4 is 56.0 Å². The first kappa shape index (κ1) is 25.8. The maximum atomic E-state index is 11.9. The van der Waals surface area contributed by atoms with Gasteiger partial charge in [0, 0.05) is 33.1 Å². The second-order valence-electron chi connectivity index (χ2n) is 8.86. The van der Waals surface area contributed by atoms with Crippen molar-refractivity contribution in [1.82, 2.24) is 9.97 Å². The highest BCUT2D eigenvalue weighted by Gasteiger charge is 2.26. The van der Waals surface area contributed by atoms with E-state index in [0.717, 1.165) is 22.3 Å². The maximum absolute atomic E-state index is 11.9. The highest BCUT2D eigenvalue weighted by atomic mass is 35.5. The number of hydrogen-bond acceptors (Lipinski definition) is 6. The van der Waals surface area contributed by atoms with Gasteiger partial charge in [-0.1, -0.05) is 49.7 Å². The summed E-state index contributed by atoms with van der Waals surface area (Å²) < 4.78 is 25.6. The molecule has 1 atom stereocenters. The average Bonchev–Trinajstić information content (AvgIpc) is 3.22. The fraction of sp³-hybridized carbons (Fsp3) is 0.231. The summed E-state index contributed by atoms with van der Waals surface area (Å²) in [4.78, 5) is 8.65. The van der Waals surface area contributed by atoms with Gasteiger partial charge in [0.05, 0.1) is 16.5 Å². The third-order valence-corrected chi connectivity index (χ3v) is 6.74. The number of aromatic nitrogens is 2. The van der Waals surface area contributed by atoms with Crippen LogP contribution in [0.2, 0.25) is 5.02 Å². The van der Waals surface area contributed by atoms with E-state index in [9.17, 15) is 9.47 Å². The molecule has 7 nitrogen and oxygen atoms in total. The van der Waals surface area contributed by atoms with Crippen LogP contribution in [0.1, 0.15) is 30.5 Å². The number of benzene rings is 2. The van der Waals surface area contributed by atoms with Crippen LogP contribution in [0.5, 0.6) is 5.75 Å². The molecule has 4 aromatic rings. The van der Waals surface area contributed by atoms with Crippen LogP contribution in [0.4, 0.5) is 6.01 Å². The lowest BCUT2D eigenvalue weighted by atomic mass is 9.77. The van der Waals surface area contributed by atoms with Crippen molar-refractivity contribution < 1.29 is 13.4 Å². The van der Waals surface area contributed by atoms with Crippen molar-refractivity contribution in [2.75, 3.05) is 23.5 Å². The van der Waals surface area contributed by atoms with E-state index in [1.807, 2.05) is 36.4 Å². The zero-order valence-electron chi connectivity index (χ0n) is 20.0. The Morgan fingerprint density at radius 3 is 2.56 bits per heavy atom. The largest absolute Gasteiger partial charge is 0.489 e. The fourth-order valence-electron chi connectivity index (χ4n) is 3.78. The number of halogens is 2. The topological polar surface area (TPSA) is 101 Å². The summed E-state index contributed by atoms with van der Waals surface area (Å²) in [5.41, 5.74) is 4.53. The zero-order chi connectivity index (χ0) is 26.1. The summed E-state index contributed by atoms with van der Waals surface area (Å²) in [6, 6.07) is 15.8. The van der Waals surface area contributed by atoms with Crippen molar-refractivity contribution in [3.8, 4) is 22.9 Å². The lowest BCUT2D eigenvalue weighted by Gasteiger charge is -2.27. The SMILES string of the molecule is C=S(C)(=O)Nc1nc2cc(-c3ccc(C(C)(C)c4cc(Cl)c(OCCCl)c(C#N)c4)cc3)cnc2o1. The minimum Gasteiger partial charge on any atom is -0.489 e. The first-order chi connectivity index (χ1) is 17.0. The van der Waals surface area contributed by atoms with Gasteiger partial charge < -0.3 is 9.15 Å². The van der Waals surface area contributed by atoms with E-state index < -0.39 is 15.1 Å². The molecule has 0 amide bonds. The Hall–Kier alpha value is -3.25. The normalized spacial score (nSPS) is 13.2. The Morgan fingerprint density at radius 1 is 1.19 bits per heavy atom. The molecule has 0 saturated carbocycles. The van der Waals surface area contributed by atoms with E-state index in [1.165, 1.54) is 6.26 Å². The Balaban J connectivity index is 1.63. The first-order valence-corrected chi connectivity index (χ1v) is 14.0. The second kappa shape index (κ2) is 10.0. The van der Waals surface area contributed by atoms with Gasteiger partial charge >= 0.3 is 6.01 Å². The van der Waals surface area contributed by atoms with Gasteiger partial charge in [0.1, 0.15) is 18.2 Å². The van der Waals surface area contributed by atoms with Crippen LogP contribution in [0, 0.1) is 11.3 Å². The van der Waals surface area contributed by atoms with E-state index in [4.69, 9.17) is 32.4 Å². The molecular formula is C26H24Cl2N4O3S. The molecule has 0 spiro atoms. The number of fused-ring (bicyclic) bond motifs is 1. The van der Waals surface area contributed by atoms with E-state index in [1.54, 1.807) is 12.3 Å². The van der Waals surface area contributed by atoms with Gasteiger partial charge in [-0.15, -0.1) is 11.6 Å². The number of ether oxygens (including phenoxy) is 1. The number of rotatable bonds is 8. The Bertz CT molecular complexity index is 1570. The van der Waals surface area contributed by atoms with Gasteiger partial charge in [0.25, 0.3) is 0 Å². The van der Waals surface area contributed by atoms with Gasteiger partial charge in [-0.2, -0.15) is 10.2 Å². The van der Waals surface area contributed by atoms with Gasteiger partial charge in [-0.25, -0.2) is 9.19 Å². The van der Waals surface area contributed by atoms with Crippen molar-refractivity contribution in [3.05, 3.63) is 70.4 Å². The molecule has 2 aromatic carbocycles. The molecule has 0 saturated heterocycles. The smallest absolute Gasteiger partial charge is 0.308 e. The number of hydrogen-bond donors (Lipinski definition) is 1. The molecule has 36 heavy (non-hydrogen) atoms. The predicted octanol–water partition coefficient (Wildman–Crippen LogP) is 6.03.